The van der Waals surface area contributed by atoms with Crippen molar-refractivity contribution in [1.29, 1.82) is 0 Å². The van der Waals surface area contributed by atoms with Crippen molar-refractivity contribution in [2.45, 2.75) is 32.2 Å². The van der Waals surface area contributed by atoms with Gasteiger partial charge in [0.15, 0.2) is 0 Å². The smallest absolute Gasteiger partial charge is 0.223 e. The molecule has 1 N–H and O–H groups in total. The quantitative estimate of drug-likeness (QED) is 0.746. The summed E-state index contributed by atoms with van der Waals surface area (Å²) in [6, 6.07) is 11.5. The molecule has 1 aliphatic carbocycles. The first-order valence-electron chi connectivity index (χ1n) is 10.6. The Morgan fingerprint density at radius 1 is 1.17 bits per heavy atom. The molecule has 2 aliphatic rings. The van der Waals surface area contributed by atoms with Gasteiger partial charge < -0.3 is 10.1 Å². The predicted molar refractivity (Wildman–Crippen MR) is 111 cm³/mol. The molecule has 1 heterocycles. The van der Waals surface area contributed by atoms with Crippen LogP contribution >= 0.6 is 0 Å². The van der Waals surface area contributed by atoms with Crippen molar-refractivity contribution in [2.24, 2.45) is 11.3 Å². The maximum Gasteiger partial charge on any atom is 0.223 e. The minimum atomic E-state index is -0.537. The van der Waals surface area contributed by atoms with Crippen molar-refractivity contribution in [3.63, 3.8) is 0 Å². The topological polar surface area (TPSA) is 41.6 Å². The van der Waals surface area contributed by atoms with E-state index in [-0.39, 0.29) is 17.2 Å². The number of benzene rings is 2. The molecule has 160 valence electrons. The Hall–Kier alpha value is -2.47. The number of carbonyl (C=O) groups is 1. The number of amides is 1. The third kappa shape index (κ3) is 4.64. The Morgan fingerprint density at radius 3 is 2.57 bits per heavy atom. The molecule has 1 saturated carbocycles. The van der Waals surface area contributed by atoms with Crippen LogP contribution in [-0.2, 0) is 17.8 Å². The number of methoxy groups -OCH3 is 1. The van der Waals surface area contributed by atoms with E-state index in [4.69, 9.17) is 4.74 Å². The molecule has 1 saturated heterocycles. The molecule has 1 amide bonds. The minimum absolute atomic E-state index is 0.0870. The molecule has 1 atom stereocenters. The lowest BCUT2D eigenvalue weighted by atomic mass is 9.90. The summed E-state index contributed by atoms with van der Waals surface area (Å²) >= 11 is 0. The van der Waals surface area contributed by atoms with Gasteiger partial charge in [0.25, 0.3) is 0 Å². The van der Waals surface area contributed by atoms with E-state index in [1.54, 1.807) is 7.11 Å². The van der Waals surface area contributed by atoms with Crippen LogP contribution in [0.25, 0.3) is 0 Å². The summed E-state index contributed by atoms with van der Waals surface area (Å²) in [5.41, 5.74) is 1.86. The van der Waals surface area contributed by atoms with Gasteiger partial charge in [-0.3, -0.25) is 9.69 Å². The molecule has 0 unspecified atom stereocenters. The molecule has 0 aromatic heterocycles. The molecular formula is C24H28F2N2O2. The summed E-state index contributed by atoms with van der Waals surface area (Å²) in [6.45, 7) is 2.84. The normalized spacial score (nSPS) is 20.2. The predicted octanol–water partition coefficient (Wildman–Crippen LogP) is 3.93. The summed E-state index contributed by atoms with van der Waals surface area (Å²) in [4.78, 5) is 14.8. The Bertz CT molecular complexity index is 890. The van der Waals surface area contributed by atoms with Crippen molar-refractivity contribution >= 4 is 5.91 Å². The number of nitrogens with one attached hydrogen (secondary N) is 1. The lowest BCUT2D eigenvalue weighted by molar-refractivity contribution is -0.123. The average Bonchev–Trinajstić information content (AvgIpc) is 3.43. The van der Waals surface area contributed by atoms with Gasteiger partial charge in [0.2, 0.25) is 5.91 Å². The summed E-state index contributed by atoms with van der Waals surface area (Å²) < 4.78 is 32.2. The number of likely N-dealkylation sites (tertiary alicyclic amines) is 1. The van der Waals surface area contributed by atoms with E-state index in [2.05, 4.69) is 10.2 Å². The van der Waals surface area contributed by atoms with Crippen molar-refractivity contribution in [3.05, 3.63) is 65.2 Å². The molecule has 30 heavy (non-hydrogen) atoms. The summed E-state index contributed by atoms with van der Waals surface area (Å²) in [6.07, 6.45) is 3.59. The average molecular weight is 414 g/mol. The number of nitrogens with zero attached hydrogens (tertiary/aromatic N) is 1. The Balaban J connectivity index is 1.23. The number of ether oxygens (including phenoxy) is 1. The number of rotatable bonds is 7. The Morgan fingerprint density at radius 2 is 1.87 bits per heavy atom. The summed E-state index contributed by atoms with van der Waals surface area (Å²) in [7, 11) is 1.66. The maximum absolute atomic E-state index is 13.4. The van der Waals surface area contributed by atoms with Crippen LogP contribution in [-0.4, -0.2) is 37.6 Å². The van der Waals surface area contributed by atoms with Crippen LogP contribution in [0.3, 0.4) is 0 Å². The monoisotopic (exact) mass is 414 g/mol. The lowest BCUT2D eigenvalue weighted by Gasteiger charge is -2.32. The Labute approximate surface area is 176 Å². The summed E-state index contributed by atoms with van der Waals surface area (Å²) in [5.74, 6) is 0.00531. The lowest BCUT2D eigenvalue weighted by Crippen LogP contribution is -2.37. The SMILES string of the molecule is COc1ccccc1CCNC(=O)[C@H]1CC12CCN(Cc1cc(F)cc(F)c1)CC2. The molecule has 1 aliphatic heterocycles. The fourth-order valence-electron chi connectivity index (χ4n) is 4.74. The van der Waals surface area contributed by atoms with Crippen LogP contribution in [0, 0.1) is 23.0 Å². The van der Waals surface area contributed by atoms with E-state index in [1.807, 2.05) is 24.3 Å². The zero-order valence-electron chi connectivity index (χ0n) is 17.3. The Kier molecular flexibility index (Phi) is 6.04. The van der Waals surface area contributed by atoms with E-state index < -0.39 is 11.6 Å². The highest BCUT2D eigenvalue weighted by molar-refractivity contribution is 5.82. The second kappa shape index (κ2) is 8.72. The minimum Gasteiger partial charge on any atom is -0.496 e. The van der Waals surface area contributed by atoms with Crippen molar-refractivity contribution in [3.8, 4) is 5.75 Å². The third-order valence-corrected chi connectivity index (χ3v) is 6.57. The van der Waals surface area contributed by atoms with Gasteiger partial charge in [0.05, 0.1) is 7.11 Å². The first-order valence-corrected chi connectivity index (χ1v) is 10.6. The van der Waals surface area contributed by atoms with Gasteiger partial charge in [-0.15, -0.1) is 0 Å². The highest BCUT2D eigenvalue weighted by Gasteiger charge is 2.58. The van der Waals surface area contributed by atoms with Gasteiger partial charge >= 0.3 is 0 Å². The molecule has 2 fully saturated rings. The number of hydrogen-bond acceptors (Lipinski definition) is 3. The van der Waals surface area contributed by atoms with E-state index in [9.17, 15) is 13.6 Å². The molecule has 4 rings (SSSR count). The number of para-hydroxylation sites is 1. The first kappa shape index (κ1) is 20.8. The van der Waals surface area contributed by atoms with E-state index >= 15 is 0 Å². The maximum atomic E-state index is 13.4. The highest BCUT2D eigenvalue weighted by Crippen LogP contribution is 2.59. The molecule has 0 radical (unpaired) electrons. The highest BCUT2D eigenvalue weighted by atomic mass is 19.1. The number of piperidine rings is 1. The van der Waals surface area contributed by atoms with Gasteiger partial charge in [0, 0.05) is 25.1 Å². The van der Waals surface area contributed by atoms with Gasteiger partial charge in [-0.05, 0) is 73.5 Å². The molecule has 0 bridgehead atoms. The van der Waals surface area contributed by atoms with Gasteiger partial charge in [-0.1, -0.05) is 18.2 Å². The standard InChI is InChI=1S/C24H28F2N2O2/c1-30-22-5-3-2-4-18(22)6-9-27-23(29)21-15-24(21)7-10-28(11-8-24)16-17-12-19(25)14-20(26)13-17/h2-5,12-14,21H,6-11,15-16H2,1H3,(H,27,29)/t21-/m1/s1. The molecule has 4 nitrogen and oxygen atoms in total. The molecule has 6 heteroatoms. The van der Waals surface area contributed by atoms with Crippen LogP contribution in [0.5, 0.6) is 5.75 Å². The number of carbonyl (C=O) groups excluding carboxylic acids is 1. The van der Waals surface area contributed by atoms with Crippen molar-refractivity contribution in [1.82, 2.24) is 10.2 Å². The molecule has 1 spiro atoms. The molecular weight excluding hydrogens is 386 g/mol. The van der Waals surface area contributed by atoms with Crippen LogP contribution < -0.4 is 10.1 Å². The fourth-order valence-corrected chi connectivity index (χ4v) is 4.74. The summed E-state index contributed by atoms with van der Waals surface area (Å²) in [5, 5.41) is 3.09. The fraction of sp³-hybridized carbons (Fsp3) is 0.458. The van der Waals surface area contributed by atoms with Gasteiger partial charge in [0.1, 0.15) is 17.4 Å². The zero-order valence-corrected chi connectivity index (χ0v) is 17.3. The van der Waals surface area contributed by atoms with Crippen LogP contribution in [0.15, 0.2) is 42.5 Å². The van der Waals surface area contributed by atoms with E-state index in [0.29, 0.717) is 18.7 Å². The van der Waals surface area contributed by atoms with Gasteiger partial charge in [-0.2, -0.15) is 0 Å². The van der Waals surface area contributed by atoms with Crippen LogP contribution in [0.4, 0.5) is 8.78 Å². The van der Waals surface area contributed by atoms with Crippen LogP contribution in [0.1, 0.15) is 30.4 Å². The first-order chi connectivity index (χ1) is 14.5. The second-order valence-electron chi connectivity index (χ2n) is 8.53. The second-order valence-corrected chi connectivity index (χ2v) is 8.53. The largest absolute Gasteiger partial charge is 0.496 e. The van der Waals surface area contributed by atoms with E-state index in [0.717, 1.165) is 56.2 Å². The molecule has 2 aromatic rings. The van der Waals surface area contributed by atoms with Crippen molar-refractivity contribution in [2.75, 3.05) is 26.7 Å². The van der Waals surface area contributed by atoms with Crippen molar-refractivity contribution < 1.29 is 18.3 Å². The molecule has 2 aromatic carbocycles. The number of hydrogen-bond donors (Lipinski definition) is 1. The zero-order chi connectivity index (χ0) is 21.1. The number of halogens is 2. The van der Waals surface area contributed by atoms with Crippen LogP contribution in [0.2, 0.25) is 0 Å². The van der Waals surface area contributed by atoms with Gasteiger partial charge in [-0.25, -0.2) is 8.78 Å². The third-order valence-electron chi connectivity index (χ3n) is 6.57. The van der Waals surface area contributed by atoms with E-state index in [1.165, 1.54) is 12.1 Å².